The molecule has 0 radical (unpaired) electrons. The normalized spacial score (nSPS) is 11.0. The Hall–Kier alpha value is -6.41. The number of hydrogen-bond donors (Lipinski definition) is 2. The Kier molecular flexibility index (Phi) is 7.13. The predicted octanol–water partition coefficient (Wildman–Crippen LogP) is 6.56. The summed E-state index contributed by atoms with van der Waals surface area (Å²) in [6.07, 6.45) is 6.62. The van der Waals surface area contributed by atoms with Gasteiger partial charge < -0.3 is 15.4 Å². The number of ether oxygens (including phenoxy) is 1. The Morgan fingerprint density at radius 1 is 0.822 bits per heavy atom. The van der Waals surface area contributed by atoms with Gasteiger partial charge >= 0.3 is 0 Å². The molecule has 4 heterocycles. The first kappa shape index (κ1) is 27.4. The second kappa shape index (κ2) is 11.7. The molecule has 3 aromatic carbocycles. The summed E-state index contributed by atoms with van der Waals surface area (Å²) in [7, 11) is 1.65. The van der Waals surface area contributed by atoms with E-state index in [9.17, 15) is 0 Å². The average Bonchev–Trinajstić information content (AvgIpc) is 3.50. The minimum absolute atomic E-state index is 0.551. The molecule has 7 aromatic rings. The van der Waals surface area contributed by atoms with Crippen molar-refractivity contribution in [3.8, 4) is 23.1 Å². The van der Waals surface area contributed by atoms with E-state index in [4.69, 9.17) is 15.0 Å². The molecule has 218 valence electrons. The van der Waals surface area contributed by atoms with E-state index in [1.807, 2.05) is 72.3 Å². The first-order chi connectivity index (χ1) is 22.1. The van der Waals surface area contributed by atoms with Crippen LogP contribution in [0.4, 0.5) is 23.0 Å². The molecule has 4 aromatic heterocycles. The second-order valence-electron chi connectivity index (χ2n) is 10.3. The highest BCUT2D eigenvalue weighted by atomic mass is 16.5. The maximum absolute atomic E-state index is 9.13. The topological polar surface area (TPSA) is 139 Å². The number of nitrogens with zero attached hydrogens (tertiary/aromatic N) is 8. The van der Waals surface area contributed by atoms with Gasteiger partial charge in [0.1, 0.15) is 30.0 Å². The fraction of sp³-hybridized carbons (Fsp3) is 0.0882. The van der Waals surface area contributed by atoms with Gasteiger partial charge in [-0.2, -0.15) is 10.4 Å². The van der Waals surface area contributed by atoms with Gasteiger partial charge in [-0.05, 0) is 72.6 Å². The largest absolute Gasteiger partial charge is 0.497 e. The van der Waals surface area contributed by atoms with Crippen LogP contribution in [-0.4, -0.2) is 41.8 Å². The summed E-state index contributed by atoms with van der Waals surface area (Å²) < 4.78 is 7.15. The smallest absolute Gasteiger partial charge is 0.162 e. The van der Waals surface area contributed by atoms with Crippen molar-refractivity contribution in [2.45, 2.75) is 13.5 Å². The third-order valence-corrected chi connectivity index (χ3v) is 7.52. The summed E-state index contributed by atoms with van der Waals surface area (Å²) >= 11 is 0. The van der Waals surface area contributed by atoms with Crippen molar-refractivity contribution in [3.05, 3.63) is 115 Å². The molecular weight excluding hydrogens is 564 g/mol. The van der Waals surface area contributed by atoms with Crippen molar-refractivity contribution < 1.29 is 4.74 Å². The van der Waals surface area contributed by atoms with Gasteiger partial charge in [0.05, 0.1) is 53.8 Å². The molecule has 0 saturated heterocycles. The number of fused-ring (bicyclic) bond motifs is 2. The van der Waals surface area contributed by atoms with Gasteiger partial charge in [0, 0.05) is 22.8 Å². The van der Waals surface area contributed by atoms with E-state index in [0.717, 1.165) is 55.8 Å². The Morgan fingerprint density at radius 3 is 2.44 bits per heavy atom. The van der Waals surface area contributed by atoms with Gasteiger partial charge in [-0.25, -0.2) is 29.6 Å². The molecule has 11 nitrogen and oxygen atoms in total. The molecule has 0 aliphatic carbocycles. The lowest BCUT2D eigenvalue weighted by Gasteiger charge is -2.16. The summed E-state index contributed by atoms with van der Waals surface area (Å²) in [4.78, 5) is 23.1. The summed E-state index contributed by atoms with van der Waals surface area (Å²) in [6.45, 7) is 2.57. The predicted molar refractivity (Wildman–Crippen MR) is 173 cm³/mol. The zero-order chi connectivity index (χ0) is 30.8. The Morgan fingerprint density at radius 2 is 1.64 bits per heavy atom. The van der Waals surface area contributed by atoms with Crippen LogP contribution >= 0.6 is 0 Å². The first-order valence-corrected chi connectivity index (χ1v) is 14.1. The number of nitrogens with one attached hydrogen (secondary N) is 2. The van der Waals surface area contributed by atoms with Crippen molar-refractivity contribution in [3.63, 3.8) is 0 Å². The molecule has 0 spiro atoms. The van der Waals surface area contributed by atoms with Gasteiger partial charge in [0.2, 0.25) is 0 Å². The average molecular weight is 591 g/mol. The van der Waals surface area contributed by atoms with E-state index in [2.05, 4.69) is 41.7 Å². The van der Waals surface area contributed by atoms with Crippen molar-refractivity contribution >= 4 is 44.9 Å². The summed E-state index contributed by atoms with van der Waals surface area (Å²) in [5, 5.41) is 22.3. The fourth-order valence-corrected chi connectivity index (χ4v) is 5.19. The van der Waals surface area contributed by atoms with Crippen LogP contribution in [0.5, 0.6) is 5.75 Å². The van der Waals surface area contributed by atoms with Crippen LogP contribution in [0.2, 0.25) is 0 Å². The van der Waals surface area contributed by atoms with E-state index < -0.39 is 0 Å². The van der Waals surface area contributed by atoms with E-state index in [-0.39, 0.29) is 0 Å². The van der Waals surface area contributed by atoms with Crippen molar-refractivity contribution in [2.24, 2.45) is 0 Å². The molecule has 0 bridgehead atoms. The fourth-order valence-electron chi connectivity index (χ4n) is 5.19. The first-order valence-electron chi connectivity index (χ1n) is 14.1. The van der Waals surface area contributed by atoms with Crippen LogP contribution in [0.3, 0.4) is 0 Å². The van der Waals surface area contributed by atoms with Crippen molar-refractivity contribution in [1.82, 2.24) is 34.7 Å². The molecule has 11 heteroatoms. The van der Waals surface area contributed by atoms with Crippen LogP contribution in [0, 0.1) is 18.3 Å². The molecule has 0 aliphatic heterocycles. The summed E-state index contributed by atoms with van der Waals surface area (Å²) in [5.74, 6) is 2.07. The molecule has 0 unspecified atom stereocenters. The van der Waals surface area contributed by atoms with Gasteiger partial charge in [0.15, 0.2) is 5.65 Å². The molecule has 0 fully saturated rings. The van der Waals surface area contributed by atoms with E-state index in [1.165, 1.54) is 6.33 Å². The molecule has 45 heavy (non-hydrogen) atoms. The molecule has 0 aliphatic rings. The lowest BCUT2D eigenvalue weighted by atomic mass is 10.1. The zero-order valence-electron chi connectivity index (χ0n) is 24.4. The SMILES string of the molecule is COc1ccc(Cn2ncc3c(-c4cccnc4Nc4c(C)ccc5c(Nc6ccc(C#N)cc6)ncnc45)ncnc32)cc1. The van der Waals surface area contributed by atoms with E-state index >= 15 is 0 Å². The number of benzene rings is 3. The monoisotopic (exact) mass is 590 g/mol. The molecular formula is C34H26N10O. The molecule has 7 rings (SSSR count). The van der Waals surface area contributed by atoms with Gasteiger partial charge in [-0.15, -0.1) is 0 Å². The highest BCUT2D eigenvalue weighted by molar-refractivity contribution is 6.01. The molecule has 0 saturated carbocycles. The third-order valence-electron chi connectivity index (χ3n) is 7.52. The number of hydrogen-bond acceptors (Lipinski definition) is 10. The molecule has 0 atom stereocenters. The van der Waals surface area contributed by atoms with Crippen LogP contribution in [0.15, 0.2) is 97.8 Å². The van der Waals surface area contributed by atoms with Crippen LogP contribution < -0.4 is 15.4 Å². The Labute approximate surface area is 258 Å². The lowest BCUT2D eigenvalue weighted by Crippen LogP contribution is -2.04. The minimum Gasteiger partial charge on any atom is -0.497 e. The molecule has 2 N–H and O–H groups in total. The van der Waals surface area contributed by atoms with Crippen LogP contribution in [-0.2, 0) is 6.54 Å². The van der Waals surface area contributed by atoms with E-state index in [0.29, 0.717) is 29.4 Å². The number of aromatic nitrogens is 7. The highest BCUT2D eigenvalue weighted by Gasteiger charge is 2.18. The highest BCUT2D eigenvalue weighted by Crippen LogP contribution is 2.36. The second-order valence-corrected chi connectivity index (χ2v) is 10.3. The maximum atomic E-state index is 9.13. The summed E-state index contributed by atoms with van der Waals surface area (Å²) in [6, 6.07) is 25.1. The Balaban J connectivity index is 1.24. The van der Waals surface area contributed by atoms with Gasteiger partial charge in [-0.3, -0.25) is 0 Å². The summed E-state index contributed by atoms with van der Waals surface area (Å²) in [5.41, 5.74) is 7.24. The van der Waals surface area contributed by atoms with Gasteiger partial charge in [0.25, 0.3) is 0 Å². The number of nitriles is 1. The number of methoxy groups -OCH3 is 1. The number of pyridine rings is 1. The van der Waals surface area contributed by atoms with Crippen molar-refractivity contribution in [1.29, 1.82) is 5.26 Å². The van der Waals surface area contributed by atoms with Crippen LogP contribution in [0.25, 0.3) is 33.2 Å². The molecule has 0 amide bonds. The van der Waals surface area contributed by atoms with Crippen molar-refractivity contribution in [2.75, 3.05) is 17.7 Å². The van der Waals surface area contributed by atoms with Gasteiger partial charge in [-0.1, -0.05) is 18.2 Å². The number of rotatable bonds is 8. The van der Waals surface area contributed by atoms with E-state index in [1.54, 1.807) is 38.0 Å². The Bertz CT molecular complexity index is 2200. The quantitative estimate of drug-likeness (QED) is 0.200. The number of anilines is 4. The standard InChI is InChI=1S/C34H26N10O/c1-21-5-14-27-31(38-19-39-33(27)42-24-10-6-22(16-35)7-11-24)29(21)43-32-26(4-3-15-36-32)30-28-17-41-44(34(28)40-20-37-30)18-23-8-12-25(45-2)13-9-23/h3-15,17,19-20H,18H2,1-2H3,(H,36,43)(H,38,39,42). The third kappa shape index (κ3) is 5.32. The lowest BCUT2D eigenvalue weighted by molar-refractivity contribution is 0.414. The zero-order valence-corrected chi connectivity index (χ0v) is 24.4. The maximum Gasteiger partial charge on any atom is 0.162 e. The van der Waals surface area contributed by atoms with Crippen LogP contribution in [0.1, 0.15) is 16.7 Å². The minimum atomic E-state index is 0.551. The number of aryl methyl sites for hydroxylation is 1.